The van der Waals surface area contributed by atoms with Crippen molar-refractivity contribution in [2.24, 2.45) is 5.10 Å². The quantitative estimate of drug-likeness (QED) is 0.374. The first kappa shape index (κ1) is 20.5. The lowest BCUT2D eigenvalue weighted by Gasteiger charge is -2.11. The van der Waals surface area contributed by atoms with Crippen LogP contribution in [0.15, 0.2) is 58.4 Å². The minimum atomic E-state index is -5.02. The Morgan fingerprint density at radius 1 is 1.17 bits per heavy atom. The molecule has 0 aliphatic rings. The van der Waals surface area contributed by atoms with Crippen LogP contribution in [-0.2, 0) is 0 Å². The van der Waals surface area contributed by atoms with Gasteiger partial charge in [-0.3, -0.25) is 9.78 Å². The van der Waals surface area contributed by atoms with Crippen LogP contribution >= 0.6 is 0 Å². The molecular weight excluding hydrogens is 406 g/mol. The van der Waals surface area contributed by atoms with E-state index in [1.807, 2.05) is 0 Å². The number of hydrogen-bond donors (Lipinski definition) is 2. The molecule has 0 bridgehead atoms. The lowest BCUT2D eigenvalue weighted by atomic mass is 10.1. The second-order valence-electron chi connectivity index (χ2n) is 5.69. The van der Waals surface area contributed by atoms with Crippen LogP contribution in [0.5, 0.6) is 5.75 Å². The van der Waals surface area contributed by atoms with E-state index in [1.54, 1.807) is 36.4 Å². The van der Waals surface area contributed by atoms with Gasteiger partial charge in [0.25, 0.3) is 5.56 Å². The fourth-order valence-electron chi connectivity index (χ4n) is 2.45. The van der Waals surface area contributed by atoms with Gasteiger partial charge in [0.1, 0.15) is 23.2 Å². The van der Waals surface area contributed by atoms with Gasteiger partial charge in [-0.25, -0.2) is 14.8 Å². The molecule has 0 aliphatic carbocycles. The summed E-state index contributed by atoms with van der Waals surface area (Å²) in [6, 6.07) is 13.0. The molecule has 1 aromatic heterocycles. The summed E-state index contributed by atoms with van der Waals surface area (Å²) in [5, 5.41) is 12.8. The summed E-state index contributed by atoms with van der Waals surface area (Å²) in [7, 11) is 0. The maximum atomic E-state index is 13.9. The third-order valence-electron chi connectivity index (χ3n) is 3.68. The average molecular weight is 417 g/mol. The molecular formula is C19H11F4N5O2. The van der Waals surface area contributed by atoms with Crippen molar-refractivity contribution in [3.63, 3.8) is 0 Å². The molecule has 0 unspecified atom stereocenters. The van der Waals surface area contributed by atoms with Gasteiger partial charge in [0.2, 0.25) is 5.95 Å². The second-order valence-corrected chi connectivity index (χ2v) is 5.69. The first-order valence-corrected chi connectivity index (χ1v) is 8.21. The molecule has 0 spiro atoms. The summed E-state index contributed by atoms with van der Waals surface area (Å²) < 4.78 is 55.1. The number of nitrogens with zero attached hydrogens (tertiary/aromatic N) is 3. The lowest BCUT2D eigenvalue weighted by Crippen LogP contribution is -2.18. The van der Waals surface area contributed by atoms with E-state index in [9.17, 15) is 27.6 Å². The Labute approximate surface area is 166 Å². The highest BCUT2D eigenvalue weighted by molar-refractivity contribution is 5.84. The SMILES string of the molecule is N#Cc1c(-c2ccccc2)nc(NN=Cc2c(F)cccc2OC(F)(F)F)[nH]c1=O. The largest absolute Gasteiger partial charge is 0.573 e. The van der Waals surface area contributed by atoms with Crippen molar-refractivity contribution in [2.45, 2.75) is 6.36 Å². The second kappa shape index (κ2) is 8.44. The number of H-pyrrole nitrogens is 1. The monoisotopic (exact) mass is 417 g/mol. The van der Waals surface area contributed by atoms with Crippen molar-refractivity contribution in [1.82, 2.24) is 9.97 Å². The molecule has 2 N–H and O–H groups in total. The van der Waals surface area contributed by atoms with E-state index in [0.29, 0.717) is 5.56 Å². The maximum Gasteiger partial charge on any atom is 0.573 e. The van der Waals surface area contributed by atoms with E-state index >= 15 is 0 Å². The average Bonchev–Trinajstić information content (AvgIpc) is 2.69. The van der Waals surface area contributed by atoms with Crippen molar-refractivity contribution in [3.8, 4) is 23.1 Å². The molecule has 0 saturated heterocycles. The highest BCUT2D eigenvalue weighted by Crippen LogP contribution is 2.27. The minimum absolute atomic E-state index is 0.0755. The summed E-state index contributed by atoms with van der Waals surface area (Å²) in [6.45, 7) is 0. The number of aromatic amines is 1. The van der Waals surface area contributed by atoms with Gasteiger partial charge in [-0.2, -0.15) is 10.4 Å². The number of nitriles is 1. The molecule has 152 valence electrons. The highest BCUT2D eigenvalue weighted by Gasteiger charge is 2.32. The number of ether oxygens (including phenoxy) is 1. The van der Waals surface area contributed by atoms with E-state index in [2.05, 4.69) is 25.2 Å². The minimum Gasteiger partial charge on any atom is -0.405 e. The van der Waals surface area contributed by atoms with Gasteiger partial charge in [0.15, 0.2) is 0 Å². The molecule has 1 heterocycles. The van der Waals surface area contributed by atoms with E-state index < -0.39 is 29.1 Å². The predicted molar refractivity (Wildman–Crippen MR) is 99.3 cm³/mol. The Balaban J connectivity index is 1.92. The van der Waals surface area contributed by atoms with Crippen molar-refractivity contribution >= 4 is 12.2 Å². The fourth-order valence-corrected chi connectivity index (χ4v) is 2.45. The molecule has 0 amide bonds. The van der Waals surface area contributed by atoms with Crippen molar-refractivity contribution in [1.29, 1.82) is 5.26 Å². The summed E-state index contributed by atoms with van der Waals surface area (Å²) in [5.74, 6) is -2.00. The smallest absolute Gasteiger partial charge is 0.405 e. The number of hydrazone groups is 1. The molecule has 0 fully saturated rings. The third-order valence-corrected chi connectivity index (χ3v) is 3.68. The molecule has 11 heteroatoms. The number of halogens is 4. The number of rotatable bonds is 5. The Kier molecular flexibility index (Phi) is 5.78. The standard InChI is InChI=1S/C19H11F4N5O2/c20-14-7-4-8-15(30-19(21,22)23)13(14)10-25-28-18-26-16(11-5-2-1-3-6-11)12(9-24)17(29)27-18/h1-8,10H,(H2,26,27,28,29). The van der Waals surface area contributed by atoms with Crippen LogP contribution in [0.2, 0.25) is 0 Å². The van der Waals surface area contributed by atoms with E-state index in [-0.39, 0.29) is 17.2 Å². The van der Waals surface area contributed by atoms with Gasteiger partial charge in [-0.05, 0) is 12.1 Å². The molecule has 3 aromatic rings. The van der Waals surface area contributed by atoms with Gasteiger partial charge in [0, 0.05) is 5.56 Å². The van der Waals surface area contributed by atoms with Crippen molar-refractivity contribution in [2.75, 3.05) is 5.43 Å². The van der Waals surface area contributed by atoms with E-state index in [0.717, 1.165) is 24.4 Å². The van der Waals surface area contributed by atoms with Gasteiger partial charge < -0.3 is 4.74 Å². The highest BCUT2D eigenvalue weighted by atomic mass is 19.4. The van der Waals surface area contributed by atoms with Crippen molar-refractivity contribution < 1.29 is 22.3 Å². The van der Waals surface area contributed by atoms with Crippen LogP contribution in [0.3, 0.4) is 0 Å². The van der Waals surface area contributed by atoms with Crippen molar-refractivity contribution in [3.05, 3.63) is 75.8 Å². The molecule has 30 heavy (non-hydrogen) atoms. The molecule has 0 atom stereocenters. The fraction of sp³-hybridized carbons (Fsp3) is 0.0526. The number of nitrogens with one attached hydrogen (secondary N) is 2. The van der Waals surface area contributed by atoms with E-state index in [1.165, 1.54) is 0 Å². The number of benzene rings is 2. The Hall–Kier alpha value is -4.20. The Morgan fingerprint density at radius 3 is 2.57 bits per heavy atom. The zero-order valence-corrected chi connectivity index (χ0v) is 14.9. The first-order chi connectivity index (χ1) is 14.3. The van der Waals surface area contributed by atoms with Crippen LogP contribution in [0, 0.1) is 17.1 Å². The topological polar surface area (TPSA) is 103 Å². The van der Waals surface area contributed by atoms with E-state index in [4.69, 9.17) is 0 Å². The first-order valence-electron chi connectivity index (χ1n) is 8.21. The zero-order valence-electron chi connectivity index (χ0n) is 14.9. The maximum absolute atomic E-state index is 13.9. The molecule has 7 nitrogen and oxygen atoms in total. The summed E-state index contributed by atoms with van der Waals surface area (Å²) >= 11 is 0. The van der Waals surface area contributed by atoms with Crippen LogP contribution in [-0.4, -0.2) is 22.5 Å². The van der Waals surface area contributed by atoms with Gasteiger partial charge in [-0.1, -0.05) is 36.4 Å². The number of aromatic nitrogens is 2. The number of alkyl halides is 3. The number of anilines is 1. The summed E-state index contributed by atoms with van der Waals surface area (Å²) in [5.41, 5.74) is 1.31. The Bertz CT molecular complexity index is 1180. The molecule has 2 aromatic carbocycles. The van der Waals surface area contributed by atoms with Gasteiger partial charge >= 0.3 is 6.36 Å². The van der Waals surface area contributed by atoms with Crippen LogP contribution < -0.4 is 15.7 Å². The van der Waals surface area contributed by atoms with Gasteiger partial charge in [-0.15, -0.1) is 13.2 Å². The van der Waals surface area contributed by atoms with Crippen LogP contribution in [0.1, 0.15) is 11.1 Å². The molecule has 0 saturated carbocycles. The Morgan fingerprint density at radius 2 is 1.90 bits per heavy atom. The zero-order chi connectivity index (χ0) is 21.7. The predicted octanol–water partition coefficient (Wildman–Crippen LogP) is 3.79. The van der Waals surface area contributed by atoms with Crippen LogP contribution in [0.4, 0.5) is 23.5 Å². The molecule has 0 aliphatic heterocycles. The molecule has 0 radical (unpaired) electrons. The normalized spacial score (nSPS) is 11.3. The lowest BCUT2D eigenvalue weighted by molar-refractivity contribution is -0.274. The molecule has 3 rings (SSSR count). The summed E-state index contributed by atoms with van der Waals surface area (Å²) in [6.07, 6.45) is -4.27. The third kappa shape index (κ3) is 4.79. The summed E-state index contributed by atoms with van der Waals surface area (Å²) in [4.78, 5) is 18.5. The number of hydrogen-bond acceptors (Lipinski definition) is 6. The van der Waals surface area contributed by atoms with Crippen LogP contribution in [0.25, 0.3) is 11.3 Å². The van der Waals surface area contributed by atoms with Gasteiger partial charge in [0.05, 0.1) is 17.5 Å².